The molecule has 37 heavy (non-hydrogen) atoms. The lowest BCUT2D eigenvalue weighted by atomic mass is 9.86. The number of para-hydroxylation sites is 1. The molecule has 0 aliphatic heterocycles. The van der Waals surface area contributed by atoms with E-state index in [2.05, 4.69) is 33.4 Å². The number of ether oxygens (including phenoxy) is 1. The van der Waals surface area contributed by atoms with Crippen molar-refractivity contribution in [2.24, 2.45) is 16.1 Å². The zero-order chi connectivity index (χ0) is 27.4. The van der Waals surface area contributed by atoms with Gasteiger partial charge in [0.15, 0.2) is 5.69 Å². The predicted octanol–water partition coefficient (Wildman–Crippen LogP) is 3.41. The van der Waals surface area contributed by atoms with Gasteiger partial charge in [-0.25, -0.2) is 0 Å². The topological polar surface area (TPSA) is 147 Å². The summed E-state index contributed by atoms with van der Waals surface area (Å²) in [6.45, 7) is 11.9. The highest BCUT2D eigenvalue weighted by atomic mass is 16.5. The van der Waals surface area contributed by atoms with Gasteiger partial charge in [0.05, 0.1) is 18.1 Å². The fraction of sp³-hybridized carbons (Fsp3) is 0.444. The standard InChI is InChI=1S/C27H37N7O3/c1-6-12-22(31-19(2)29)37-18-16-30-26(36)24(27(3,4)5)32-25(35)23-20-13-8-9-14-21(20)34(33-23)17-11-7-10-15-28/h6,8-9,12-14,24H,2,7,10-11,16-18,29H2,1,3-5H3,(H,30,36)(H,32,35)/b12-6-,31-22+. The molecule has 1 unspecified atom stereocenters. The summed E-state index contributed by atoms with van der Waals surface area (Å²) in [4.78, 5) is 30.4. The van der Waals surface area contributed by atoms with Gasteiger partial charge in [0, 0.05) is 18.4 Å². The van der Waals surface area contributed by atoms with Crippen molar-refractivity contribution < 1.29 is 14.3 Å². The van der Waals surface area contributed by atoms with Crippen molar-refractivity contribution in [3.05, 3.63) is 54.5 Å². The number of hydrogen-bond donors (Lipinski definition) is 3. The SMILES string of the molecule is C=C(N)/N=C(\C=C/C)OCCNC(=O)C(NC(=O)c1nn(CCCCC#N)c2ccccc12)C(C)(C)C. The van der Waals surface area contributed by atoms with Crippen molar-refractivity contribution in [2.45, 2.75) is 59.5 Å². The zero-order valence-corrected chi connectivity index (χ0v) is 22.1. The lowest BCUT2D eigenvalue weighted by molar-refractivity contribution is -0.125. The van der Waals surface area contributed by atoms with Gasteiger partial charge in [0.1, 0.15) is 18.5 Å². The Morgan fingerprint density at radius 2 is 2.05 bits per heavy atom. The van der Waals surface area contributed by atoms with Gasteiger partial charge in [-0.3, -0.25) is 14.3 Å². The van der Waals surface area contributed by atoms with Crippen LogP contribution >= 0.6 is 0 Å². The largest absolute Gasteiger partial charge is 0.476 e. The summed E-state index contributed by atoms with van der Waals surface area (Å²) in [5.74, 6) is -0.357. The van der Waals surface area contributed by atoms with E-state index in [9.17, 15) is 9.59 Å². The Morgan fingerprint density at radius 1 is 1.32 bits per heavy atom. The molecule has 0 saturated carbocycles. The van der Waals surface area contributed by atoms with Crippen molar-refractivity contribution in [1.29, 1.82) is 5.26 Å². The van der Waals surface area contributed by atoms with Gasteiger partial charge in [-0.1, -0.05) is 51.6 Å². The highest BCUT2D eigenvalue weighted by molar-refractivity contribution is 6.06. The smallest absolute Gasteiger partial charge is 0.273 e. The quantitative estimate of drug-likeness (QED) is 0.228. The normalized spacial score (nSPS) is 12.8. The number of aliphatic imine (C=N–C) groups is 1. The Balaban J connectivity index is 2.11. The highest BCUT2D eigenvalue weighted by Crippen LogP contribution is 2.23. The number of hydrogen-bond acceptors (Lipinski definition) is 7. The molecule has 1 heterocycles. The van der Waals surface area contributed by atoms with Crippen LogP contribution in [0.2, 0.25) is 0 Å². The summed E-state index contributed by atoms with van der Waals surface area (Å²) in [6.07, 6.45) is 5.40. The first-order chi connectivity index (χ1) is 17.6. The number of fused-ring (bicyclic) bond motifs is 1. The van der Waals surface area contributed by atoms with Crippen LogP contribution in [0.5, 0.6) is 0 Å². The third-order valence-electron chi connectivity index (χ3n) is 5.40. The van der Waals surface area contributed by atoms with Crippen molar-refractivity contribution in [2.75, 3.05) is 13.2 Å². The number of carbonyl (C=O) groups is 2. The maximum absolute atomic E-state index is 13.3. The van der Waals surface area contributed by atoms with E-state index in [1.54, 1.807) is 16.8 Å². The van der Waals surface area contributed by atoms with E-state index in [-0.39, 0.29) is 30.6 Å². The molecule has 2 rings (SSSR count). The summed E-state index contributed by atoms with van der Waals surface area (Å²) < 4.78 is 7.33. The number of unbranched alkanes of at least 4 members (excludes halogenated alkanes) is 2. The minimum absolute atomic E-state index is 0.116. The number of allylic oxidation sites excluding steroid dienone is 1. The molecule has 0 spiro atoms. The number of rotatable bonds is 12. The minimum Gasteiger partial charge on any atom is -0.476 e. The number of nitrogens with two attached hydrogens (primary N) is 1. The highest BCUT2D eigenvalue weighted by Gasteiger charge is 2.34. The lowest BCUT2D eigenvalue weighted by Gasteiger charge is -2.30. The second kappa shape index (κ2) is 13.8. The van der Waals surface area contributed by atoms with Crippen molar-refractivity contribution in [3.8, 4) is 6.07 Å². The van der Waals surface area contributed by atoms with Crippen LogP contribution in [0.25, 0.3) is 10.9 Å². The number of aromatic nitrogens is 2. The maximum Gasteiger partial charge on any atom is 0.273 e. The van der Waals surface area contributed by atoms with Crippen LogP contribution < -0.4 is 16.4 Å². The van der Waals surface area contributed by atoms with Crippen LogP contribution in [-0.2, 0) is 16.1 Å². The molecule has 0 fully saturated rings. The van der Waals surface area contributed by atoms with E-state index in [4.69, 9.17) is 15.7 Å². The molecule has 2 aromatic rings. The molecule has 0 radical (unpaired) electrons. The molecule has 0 bridgehead atoms. The average Bonchev–Trinajstić information content (AvgIpc) is 3.20. The summed E-state index contributed by atoms with van der Waals surface area (Å²) in [5.41, 5.74) is 6.03. The third-order valence-corrected chi connectivity index (χ3v) is 5.40. The molecule has 10 heteroatoms. The Morgan fingerprint density at radius 3 is 2.70 bits per heavy atom. The van der Waals surface area contributed by atoms with Crippen LogP contribution in [0.15, 0.2) is 53.8 Å². The molecule has 198 valence electrons. The van der Waals surface area contributed by atoms with E-state index in [1.807, 2.05) is 52.0 Å². The zero-order valence-electron chi connectivity index (χ0n) is 22.1. The van der Waals surface area contributed by atoms with Gasteiger partial charge >= 0.3 is 0 Å². The molecule has 4 N–H and O–H groups in total. The number of benzene rings is 1. The van der Waals surface area contributed by atoms with Crippen LogP contribution in [-0.4, -0.2) is 46.7 Å². The van der Waals surface area contributed by atoms with Gasteiger partial charge in [-0.2, -0.15) is 15.4 Å². The monoisotopic (exact) mass is 507 g/mol. The minimum atomic E-state index is -0.813. The van der Waals surface area contributed by atoms with Gasteiger partial charge in [-0.15, -0.1) is 0 Å². The molecule has 2 amide bonds. The molecule has 1 atom stereocenters. The Labute approximate surface area is 218 Å². The fourth-order valence-corrected chi connectivity index (χ4v) is 3.64. The number of nitrogens with one attached hydrogen (secondary N) is 2. The van der Waals surface area contributed by atoms with Crippen LogP contribution in [0.1, 0.15) is 57.4 Å². The Bertz CT molecular complexity index is 1200. The lowest BCUT2D eigenvalue weighted by Crippen LogP contribution is -2.54. The number of nitrogens with zero attached hydrogens (tertiary/aromatic N) is 4. The predicted molar refractivity (Wildman–Crippen MR) is 144 cm³/mol. The summed E-state index contributed by atoms with van der Waals surface area (Å²) in [5, 5.41) is 19.7. The molecule has 0 aliphatic rings. The molecular weight excluding hydrogens is 470 g/mol. The summed E-state index contributed by atoms with van der Waals surface area (Å²) >= 11 is 0. The second-order valence-corrected chi connectivity index (χ2v) is 9.56. The number of aryl methyl sites for hydroxylation is 1. The first-order valence-electron chi connectivity index (χ1n) is 12.3. The Kier molecular flexibility index (Phi) is 10.9. The van der Waals surface area contributed by atoms with Gasteiger partial charge in [0.25, 0.3) is 5.91 Å². The molecular formula is C27H37N7O3. The first-order valence-corrected chi connectivity index (χ1v) is 12.3. The van der Waals surface area contributed by atoms with Crippen LogP contribution in [0.4, 0.5) is 0 Å². The second-order valence-electron chi connectivity index (χ2n) is 9.56. The maximum atomic E-state index is 13.3. The first kappa shape index (κ1) is 29.1. The van der Waals surface area contributed by atoms with Crippen molar-refractivity contribution in [1.82, 2.24) is 20.4 Å². The summed E-state index contributed by atoms with van der Waals surface area (Å²) in [6, 6.07) is 8.81. The molecule has 1 aromatic carbocycles. The molecule has 0 aliphatic carbocycles. The number of nitriles is 1. The number of carbonyl (C=O) groups excluding carboxylic acids is 2. The summed E-state index contributed by atoms with van der Waals surface area (Å²) in [7, 11) is 0. The number of amides is 2. The van der Waals surface area contributed by atoms with E-state index in [1.165, 1.54) is 0 Å². The Hall–Kier alpha value is -4.13. The van der Waals surface area contributed by atoms with Crippen molar-refractivity contribution >= 4 is 28.6 Å². The fourth-order valence-electron chi connectivity index (χ4n) is 3.64. The van der Waals surface area contributed by atoms with E-state index in [0.717, 1.165) is 18.4 Å². The van der Waals surface area contributed by atoms with Gasteiger partial charge in [-0.05, 0) is 37.3 Å². The van der Waals surface area contributed by atoms with Crippen molar-refractivity contribution in [3.63, 3.8) is 0 Å². The van der Waals surface area contributed by atoms with Gasteiger partial charge < -0.3 is 21.1 Å². The van der Waals surface area contributed by atoms with Crippen LogP contribution in [0, 0.1) is 16.7 Å². The van der Waals surface area contributed by atoms with E-state index in [0.29, 0.717) is 24.2 Å². The van der Waals surface area contributed by atoms with E-state index >= 15 is 0 Å². The van der Waals surface area contributed by atoms with Crippen LogP contribution in [0.3, 0.4) is 0 Å². The average molecular weight is 508 g/mol. The van der Waals surface area contributed by atoms with E-state index < -0.39 is 17.4 Å². The molecule has 0 saturated heterocycles. The third kappa shape index (κ3) is 8.79. The molecule has 10 nitrogen and oxygen atoms in total. The molecule has 1 aromatic heterocycles. The van der Waals surface area contributed by atoms with Gasteiger partial charge in [0.2, 0.25) is 11.8 Å².